The highest BCUT2D eigenvalue weighted by Crippen LogP contribution is 2.35. The predicted molar refractivity (Wildman–Crippen MR) is 91.3 cm³/mol. The Labute approximate surface area is 130 Å². The van der Waals surface area contributed by atoms with Gasteiger partial charge in [-0.25, -0.2) is 0 Å². The lowest BCUT2D eigenvalue weighted by Gasteiger charge is -2.35. The van der Waals surface area contributed by atoms with Gasteiger partial charge in [0.15, 0.2) is 0 Å². The van der Waals surface area contributed by atoms with Gasteiger partial charge in [0.05, 0.1) is 12.2 Å². The maximum Gasteiger partial charge on any atom is 0.0796 e. The normalized spacial score (nSPS) is 33.1. The summed E-state index contributed by atoms with van der Waals surface area (Å²) in [5, 5.41) is 0. The van der Waals surface area contributed by atoms with Gasteiger partial charge < -0.3 is 4.74 Å². The van der Waals surface area contributed by atoms with E-state index < -0.39 is 0 Å². The van der Waals surface area contributed by atoms with Gasteiger partial charge in [-0.2, -0.15) is 0 Å². The van der Waals surface area contributed by atoms with Gasteiger partial charge in [-0.1, -0.05) is 36.5 Å². The van der Waals surface area contributed by atoms with E-state index in [0.29, 0.717) is 11.8 Å². The molecule has 2 rings (SSSR count). The molecule has 116 valence electrons. The van der Waals surface area contributed by atoms with Crippen LogP contribution in [0.2, 0.25) is 0 Å². The fourth-order valence-corrected chi connectivity index (χ4v) is 3.33. The average molecular weight is 286 g/mol. The summed E-state index contributed by atoms with van der Waals surface area (Å²) in [7, 11) is 0. The molecule has 0 saturated carbocycles. The van der Waals surface area contributed by atoms with E-state index >= 15 is 0 Å². The molecule has 2 aliphatic rings. The smallest absolute Gasteiger partial charge is 0.0796 e. The van der Waals surface area contributed by atoms with E-state index in [4.69, 9.17) is 4.74 Å². The first-order valence-electron chi connectivity index (χ1n) is 8.18. The topological polar surface area (TPSA) is 9.23 Å². The van der Waals surface area contributed by atoms with Crippen molar-refractivity contribution in [3.8, 4) is 0 Å². The Hall–Kier alpha value is -1.08. The number of rotatable bonds is 4. The predicted octanol–water partition coefficient (Wildman–Crippen LogP) is 5.61. The van der Waals surface area contributed by atoms with Gasteiger partial charge in [-0.3, -0.25) is 0 Å². The Kier molecular flexibility index (Phi) is 5.27. The number of ether oxygens (including phenoxy) is 1. The molecule has 0 aliphatic heterocycles. The molecule has 0 spiro atoms. The Balaban J connectivity index is 2.06. The maximum atomic E-state index is 6.50. The summed E-state index contributed by atoms with van der Waals surface area (Å²) in [6.07, 6.45) is 9.58. The fraction of sp³-hybridized carbons (Fsp3) is 0.600. The molecular formula is C20H30O. The van der Waals surface area contributed by atoms with Crippen LogP contribution in [0.1, 0.15) is 53.4 Å². The highest BCUT2D eigenvalue weighted by molar-refractivity contribution is 5.18. The molecule has 4 atom stereocenters. The van der Waals surface area contributed by atoms with Gasteiger partial charge >= 0.3 is 0 Å². The molecule has 2 aliphatic carbocycles. The summed E-state index contributed by atoms with van der Waals surface area (Å²) in [6, 6.07) is 0. The van der Waals surface area contributed by atoms with Crippen LogP contribution >= 0.6 is 0 Å². The molecule has 0 N–H and O–H groups in total. The van der Waals surface area contributed by atoms with Crippen LogP contribution in [0.3, 0.4) is 0 Å². The van der Waals surface area contributed by atoms with Crippen LogP contribution in [-0.2, 0) is 4.74 Å². The lowest BCUT2D eigenvalue weighted by molar-refractivity contribution is 0.00120. The lowest BCUT2D eigenvalue weighted by Crippen LogP contribution is -2.31. The van der Waals surface area contributed by atoms with Crippen LogP contribution in [-0.4, -0.2) is 12.2 Å². The lowest BCUT2D eigenvalue weighted by atomic mass is 9.82. The second kappa shape index (κ2) is 6.79. The van der Waals surface area contributed by atoms with Crippen LogP contribution in [0.5, 0.6) is 0 Å². The second-order valence-electron chi connectivity index (χ2n) is 7.04. The van der Waals surface area contributed by atoms with Crippen molar-refractivity contribution >= 4 is 0 Å². The highest BCUT2D eigenvalue weighted by atomic mass is 16.5. The highest BCUT2D eigenvalue weighted by Gasteiger charge is 2.29. The first kappa shape index (κ1) is 16.3. The molecule has 0 radical (unpaired) electrons. The van der Waals surface area contributed by atoms with E-state index in [-0.39, 0.29) is 12.2 Å². The van der Waals surface area contributed by atoms with Gasteiger partial charge in [0.25, 0.3) is 0 Å². The van der Waals surface area contributed by atoms with E-state index in [1.54, 1.807) is 0 Å². The van der Waals surface area contributed by atoms with Crippen molar-refractivity contribution in [1.29, 1.82) is 0 Å². The van der Waals surface area contributed by atoms with E-state index in [2.05, 4.69) is 53.0 Å². The summed E-state index contributed by atoms with van der Waals surface area (Å²) in [5.74, 6) is 1.15. The molecule has 0 saturated heterocycles. The zero-order valence-electron chi connectivity index (χ0n) is 14.1. The molecule has 1 heteroatoms. The standard InChI is InChI=1S/C20H30O/c1-13(2)17-9-7-15(5)19(11-17)21-20-12-18(14(3)4)10-8-16(20)6/h7-8,17-20H,1,3,9-12H2,2,4-6H3. The van der Waals surface area contributed by atoms with Crippen LogP contribution < -0.4 is 0 Å². The first-order valence-corrected chi connectivity index (χ1v) is 8.18. The largest absolute Gasteiger partial charge is 0.366 e. The van der Waals surface area contributed by atoms with Crippen molar-refractivity contribution in [2.45, 2.75) is 65.6 Å². The minimum absolute atomic E-state index is 0.248. The second-order valence-corrected chi connectivity index (χ2v) is 7.04. The number of hydrogen-bond acceptors (Lipinski definition) is 1. The van der Waals surface area contributed by atoms with E-state index in [1.165, 1.54) is 22.3 Å². The molecule has 4 unspecified atom stereocenters. The summed E-state index contributed by atoms with van der Waals surface area (Å²) >= 11 is 0. The van der Waals surface area contributed by atoms with Gasteiger partial charge in [-0.15, -0.1) is 0 Å². The molecule has 0 fully saturated rings. The number of allylic oxidation sites excluding steroid dienone is 4. The summed E-state index contributed by atoms with van der Waals surface area (Å²) in [6.45, 7) is 16.9. The fourth-order valence-electron chi connectivity index (χ4n) is 3.33. The van der Waals surface area contributed by atoms with Gasteiger partial charge in [-0.05, 0) is 76.4 Å². The van der Waals surface area contributed by atoms with Gasteiger partial charge in [0.1, 0.15) is 0 Å². The average Bonchev–Trinajstić information content (AvgIpc) is 2.43. The van der Waals surface area contributed by atoms with Crippen molar-refractivity contribution in [3.63, 3.8) is 0 Å². The molecule has 21 heavy (non-hydrogen) atoms. The van der Waals surface area contributed by atoms with Crippen LogP contribution in [0.4, 0.5) is 0 Å². The third-order valence-electron chi connectivity index (χ3n) is 5.18. The zero-order chi connectivity index (χ0) is 15.6. The van der Waals surface area contributed by atoms with Crippen LogP contribution in [0, 0.1) is 11.8 Å². The molecular weight excluding hydrogens is 256 g/mol. The summed E-state index contributed by atoms with van der Waals surface area (Å²) < 4.78 is 6.50. The Morgan fingerprint density at radius 3 is 1.62 bits per heavy atom. The van der Waals surface area contributed by atoms with Gasteiger partial charge in [0, 0.05) is 0 Å². The van der Waals surface area contributed by atoms with Crippen LogP contribution in [0.15, 0.2) is 47.6 Å². The third kappa shape index (κ3) is 3.97. The van der Waals surface area contributed by atoms with Crippen molar-refractivity contribution in [2.24, 2.45) is 11.8 Å². The summed E-state index contributed by atoms with van der Waals surface area (Å²) in [4.78, 5) is 0. The molecule has 0 aromatic heterocycles. The summed E-state index contributed by atoms with van der Waals surface area (Å²) in [5.41, 5.74) is 5.33. The van der Waals surface area contributed by atoms with Crippen molar-refractivity contribution < 1.29 is 4.74 Å². The van der Waals surface area contributed by atoms with E-state index in [9.17, 15) is 0 Å². The monoisotopic (exact) mass is 286 g/mol. The van der Waals surface area contributed by atoms with Crippen LogP contribution in [0.25, 0.3) is 0 Å². The molecule has 1 nitrogen and oxygen atoms in total. The molecule has 0 bridgehead atoms. The van der Waals surface area contributed by atoms with Gasteiger partial charge in [0.2, 0.25) is 0 Å². The quantitative estimate of drug-likeness (QED) is 0.611. The Bertz CT molecular complexity index is 436. The Morgan fingerprint density at radius 2 is 1.29 bits per heavy atom. The minimum Gasteiger partial charge on any atom is -0.366 e. The molecule has 0 aromatic carbocycles. The van der Waals surface area contributed by atoms with E-state index in [0.717, 1.165) is 25.7 Å². The Morgan fingerprint density at radius 1 is 0.905 bits per heavy atom. The maximum absolute atomic E-state index is 6.50. The molecule has 0 heterocycles. The first-order chi connectivity index (χ1) is 9.88. The third-order valence-corrected chi connectivity index (χ3v) is 5.18. The molecule has 0 amide bonds. The number of hydrogen-bond donors (Lipinski definition) is 0. The molecule has 0 aromatic rings. The van der Waals surface area contributed by atoms with Crippen molar-refractivity contribution in [3.05, 3.63) is 47.6 Å². The minimum atomic E-state index is 0.248. The van der Waals surface area contributed by atoms with E-state index in [1.807, 2.05) is 0 Å². The zero-order valence-corrected chi connectivity index (χ0v) is 14.1. The van der Waals surface area contributed by atoms with Crippen molar-refractivity contribution in [1.82, 2.24) is 0 Å². The van der Waals surface area contributed by atoms with Crippen molar-refractivity contribution in [2.75, 3.05) is 0 Å². The SMILES string of the molecule is C=C(C)C1CC=C(C)C(OC2CC(C(=C)C)CC=C2C)C1.